The number of nitrogens with one attached hydrogen (secondary N) is 2. The van der Waals surface area contributed by atoms with Crippen molar-refractivity contribution in [3.05, 3.63) is 0 Å². The normalized spacial score (nSPS) is 42.2. The summed E-state index contributed by atoms with van der Waals surface area (Å²) in [4.78, 5) is 35.9. The Hall–Kier alpha value is -1.35. The summed E-state index contributed by atoms with van der Waals surface area (Å²) in [5, 5.41) is 16.2. The third-order valence-corrected chi connectivity index (χ3v) is 14.1. The first kappa shape index (κ1) is 37.9. The third kappa shape index (κ3) is 7.62. The molecule has 13 heteroatoms. The van der Waals surface area contributed by atoms with Crippen LogP contribution in [0.2, 0.25) is 0 Å². The molecule has 5 N–H and O–H groups in total. The van der Waals surface area contributed by atoms with Crippen LogP contribution in [0.3, 0.4) is 0 Å². The van der Waals surface area contributed by atoms with E-state index in [0.29, 0.717) is 42.6 Å². The molecule has 6 aliphatic rings. The Bertz CT molecular complexity index is 1260. The zero-order chi connectivity index (χ0) is 35.3. The summed E-state index contributed by atoms with van der Waals surface area (Å²) in [6, 6.07) is -0.438. The van der Waals surface area contributed by atoms with Crippen LogP contribution in [0.25, 0.3) is 0 Å². The lowest BCUT2D eigenvalue weighted by atomic mass is 9.45. The quantitative estimate of drug-likeness (QED) is 0.251. The number of methoxy groups -OCH3 is 1. The van der Waals surface area contributed by atoms with Gasteiger partial charge in [-0.05, 0) is 101 Å². The number of hydrogen-bond donors (Lipinski definition) is 4. The highest BCUT2D eigenvalue weighted by Crippen LogP contribution is 2.61. The van der Waals surface area contributed by atoms with E-state index in [1.807, 2.05) is 14.1 Å². The minimum Gasteiger partial charge on any atom is -0.393 e. The molecule has 14 atom stereocenters. The Kier molecular flexibility index (Phi) is 11.6. The van der Waals surface area contributed by atoms with Crippen LogP contribution in [0.5, 0.6) is 0 Å². The van der Waals surface area contributed by atoms with Gasteiger partial charge in [0.05, 0.1) is 24.6 Å². The maximum absolute atomic E-state index is 14.2. The molecular formula is C35H63N5O7S. The summed E-state index contributed by atoms with van der Waals surface area (Å²) >= 11 is 0. The van der Waals surface area contributed by atoms with Gasteiger partial charge in [-0.25, -0.2) is 8.42 Å². The second-order valence-electron chi connectivity index (χ2n) is 16.9. The highest BCUT2D eigenvalue weighted by atomic mass is 32.2. The number of carbonyl (C=O) groups is 2. The van der Waals surface area contributed by atoms with Crippen molar-refractivity contribution in [1.82, 2.24) is 20.0 Å². The number of nitrogens with zero attached hydrogens (tertiary/aromatic N) is 2. The van der Waals surface area contributed by atoms with Gasteiger partial charge in [-0.3, -0.25) is 19.1 Å². The van der Waals surface area contributed by atoms with Crippen molar-refractivity contribution in [2.45, 2.75) is 115 Å². The minimum absolute atomic E-state index is 0.0558. The van der Waals surface area contributed by atoms with E-state index in [-0.39, 0.29) is 48.4 Å². The summed E-state index contributed by atoms with van der Waals surface area (Å²) in [6.07, 6.45) is 6.75. The second kappa shape index (κ2) is 14.7. The fourth-order valence-corrected chi connectivity index (χ4v) is 11.3. The molecule has 48 heavy (non-hydrogen) atoms. The van der Waals surface area contributed by atoms with Crippen LogP contribution in [0, 0.1) is 52.8 Å². The van der Waals surface area contributed by atoms with Gasteiger partial charge >= 0.3 is 0 Å². The van der Waals surface area contributed by atoms with E-state index in [0.717, 1.165) is 38.4 Å². The molecule has 12 nitrogen and oxygen atoms in total. The van der Waals surface area contributed by atoms with Crippen molar-refractivity contribution >= 4 is 21.8 Å². The Morgan fingerprint density at radius 2 is 1.83 bits per heavy atom. The second-order valence-corrected chi connectivity index (χ2v) is 18.6. The van der Waals surface area contributed by atoms with Crippen LogP contribution in [0.1, 0.15) is 79.1 Å². The first-order valence-electron chi connectivity index (χ1n) is 18.3. The first-order valence-corrected chi connectivity index (χ1v) is 20.2. The molecule has 5 saturated carbocycles. The summed E-state index contributed by atoms with van der Waals surface area (Å²) in [6.45, 7) is 9.34. The fraction of sp³-hybridized carbons (Fsp3) is 0.943. The lowest BCUT2D eigenvalue weighted by Crippen LogP contribution is -2.62. The van der Waals surface area contributed by atoms with Crippen molar-refractivity contribution < 1.29 is 32.7 Å². The lowest BCUT2D eigenvalue weighted by Gasteiger charge is -2.62. The summed E-state index contributed by atoms with van der Waals surface area (Å²) in [5.41, 5.74) is 6.48. The first-order chi connectivity index (χ1) is 22.5. The van der Waals surface area contributed by atoms with Gasteiger partial charge in [0.2, 0.25) is 21.8 Å². The van der Waals surface area contributed by atoms with Crippen molar-refractivity contribution in [2.75, 3.05) is 40.6 Å². The van der Waals surface area contributed by atoms with Crippen LogP contribution in [-0.2, 0) is 29.2 Å². The van der Waals surface area contributed by atoms with Crippen molar-refractivity contribution in [3.8, 4) is 0 Å². The summed E-state index contributed by atoms with van der Waals surface area (Å²) < 4.78 is 32.3. The number of fused-ring (bicyclic) bond motifs is 2. The van der Waals surface area contributed by atoms with E-state index in [9.17, 15) is 23.1 Å². The molecule has 1 aliphatic heterocycles. The molecule has 6 fully saturated rings. The average Bonchev–Trinajstić information content (AvgIpc) is 3.39. The molecule has 0 aromatic heterocycles. The van der Waals surface area contributed by atoms with E-state index in [4.69, 9.17) is 15.3 Å². The third-order valence-electron chi connectivity index (χ3n) is 13.5. The monoisotopic (exact) mass is 697 g/mol. The standard InChI is InChI=1S/C35H63N5O7S/c1-19-27-15-24(35(27,3)4)16-28(19)37-34(43)31-30(20(2)41)29(17-36)47-40(31)18-21-10-9-11-26(32(21)46-7)22-12-23(14-25(13-22)39(5)6)33(42)38-48(8,44)45/h19-32,41H,9-18,36H2,1-8H3,(H,37,43)(H,38,42)/t19-,20-,21?,22?,23?,24+,25?,26?,27-,28-,29-,30+,31-,32?/m0/s1. The van der Waals surface area contributed by atoms with Crippen LogP contribution in [0.15, 0.2) is 0 Å². The van der Waals surface area contributed by atoms with E-state index in [1.165, 1.54) is 6.42 Å². The summed E-state index contributed by atoms with van der Waals surface area (Å²) in [7, 11) is 2.10. The van der Waals surface area contributed by atoms with E-state index in [1.54, 1.807) is 19.1 Å². The molecule has 6 rings (SSSR count). The molecule has 2 bridgehead atoms. The van der Waals surface area contributed by atoms with Gasteiger partial charge in [0.25, 0.3) is 0 Å². The molecule has 5 aliphatic carbocycles. The lowest BCUT2D eigenvalue weighted by molar-refractivity contribution is -0.186. The molecule has 0 aromatic carbocycles. The zero-order valence-electron chi connectivity index (χ0n) is 30.4. The number of amides is 2. The van der Waals surface area contributed by atoms with E-state index < -0.39 is 46.0 Å². The maximum atomic E-state index is 14.2. The van der Waals surface area contributed by atoms with Gasteiger partial charge in [-0.2, -0.15) is 5.06 Å². The number of rotatable bonds is 11. The van der Waals surface area contributed by atoms with Crippen molar-refractivity contribution in [1.29, 1.82) is 0 Å². The number of ether oxygens (including phenoxy) is 1. The fourth-order valence-electron chi connectivity index (χ4n) is 10.7. The number of nitrogens with two attached hydrogens (primary N) is 1. The molecule has 276 valence electrons. The molecule has 0 radical (unpaired) electrons. The van der Waals surface area contributed by atoms with Crippen molar-refractivity contribution in [2.24, 2.45) is 58.5 Å². The molecule has 0 spiro atoms. The highest BCUT2D eigenvalue weighted by molar-refractivity contribution is 7.89. The maximum Gasteiger partial charge on any atom is 0.240 e. The van der Waals surface area contributed by atoms with Crippen LogP contribution < -0.4 is 15.8 Å². The number of aliphatic hydroxyl groups is 1. The van der Waals surface area contributed by atoms with E-state index in [2.05, 4.69) is 35.7 Å². The van der Waals surface area contributed by atoms with E-state index >= 15 is 0 Å². The average molecular weight is 698 g/mol. The van der Waals surface area contributed by atoms with Crippen LogP contribution >= 0.6 is 0 Å². The Morgan fingerprint density at radius 1 is 1.12 bits per heavy atom. The smallest absolute Gasteiger partial charge is 0.240 e. The number of carbonyl (C=O) groups excluding carboxylic acids is 2. The molecule has 1 heterocycles. The van der Waals surface area contributed by atoms with Crippen molar-refractivity contribution in [3.63, 3.8) is 0 Å². The number of sulfonamides is 1. The zero-order valence-corrected chi connectivity index (χ0v) is 31.2. The largest absolute Gasteiger partial charge is 0.393 e. The number of hydrogen-bond acceptors (Lipinski definition) is 10. The van der Waals surface area contributed by atoms with Gasteiger partial charge in [0.15, 0.2) is 0 Å². The minimum atomic E-state index is -3.66. The SMILES string of the molecule is COC1C(CN2O[C@@H](CN)[C@@H]([C@H](C)O)[C@H]2C(=O)N[C@H]2C[C@H]3C[C@@H]([C@@H]2C)C3(C)C)CCCC1C1CC(C(=O)NS(C)(=O)=O)CC(N(C)C)C1. The predicted octanol–water partition coefficient (Wildman–Crippen LogP) is 1.97. The number of aliphatic hydroxyl groups excluding tert-OH is 1. The summed E-state index contributed by atoms with van der Waals surface area (Å²) in [5.74, 6) is 0.552. The van der Waals surface area contributed by atoms with Gasteiger partial charge < -0.3 is 25.8 Å². The van der Waals surface area contributed by atoms with Gasteiger partial charge in [0.1, 0.15) is 6.04 Å². The van der Waals surface area contributed by atoms with Gasteiger partial charge in [0, 0.05) is 50.0 Å². The van der Waals surface area contributed by atoms with Crippen LogP contribution in [0.4, 0.5) is 0 Å². The Morgan fingerprint density at radius 3 is 2.40 bits per heavy atom. The molecular weight excluding hydrogens is 634 g/mol. The molecule has 6 unspecified atom stereocenters. The highest BCUT2D eigenvalue weighted by Gasteiger charge is 2.58. The molecule has 2 amide bonds. The van der Waals surface area contributed by atoms with Gasteiger partial charge in [-0.1, -0.05) is 27.2 Å². The topological polar surface area (TPSA) is 164 Å². The Labute approximate surface area is 288 Å². The van der Waals surface area contributed by atoms with Gasteiger partial charge in [-0.15, -0.1) is 0 Å². The van der Waals surface area contributed by atoms with Crippen LogP contribution in [-0.4, -0.2) is 112 Å². The number of hydroxylamine groups is 2. The Balaban J connectivity index is 1.33. The molecule has 0 aromatic rings. The predicted molar refractivity (Wildman–Crippen MR) is 184 cm³/mol. The molecule has 1 saturated heterocycles.